The van der Waals surface area contributed by atoms with Crippen LogP contribution in [0.15, 0.2) is 85.2 Å². The van der Waals surface area contributed by atoms with Crippen LogP contribution >= 0.6 is 0 Å². The number of benzene rings is 2. The van der Waals surface area contributed by atoms with Crippen molar-refractivity contribution in [1.29, 1.82) is 0 Å². The predicted molar refractivity (Wildman–Crippen MR) is 145 cm³/mol. The number of hydrogen-bond acceptors (Lipinski definition) is 3. The van der Waals surface area contributed by atoms with E-state index in [0.29, 0.717) is 30.9 Å². The summed E-state index contributed by atoms with van der Waals surface area (Å²) in [6.45, 7) is 7.30. The molecule has 7 heteroatoms. The zero-order valence-corrected chi connectivity index (χ0v) is 21.6. The summed E-state index contributed by atoms with van der Waals surface area (Å²) >= 11 is 0. The zero-order chi connectivity index (χ0) is 26.0. The highest BCUT2D eigenvalue weighted by Crippen LogP contribution is 2.27. The minimum absolute atomic E-state index is 0.157. The summed E-state index contributed by atoms with van der Waals surface area (Å²) in [5.74, 6) is -0.328. The van der Waals surface area contributed by atoms with Gasteiger partial charge in [0.05, 0.1) is 23.6 Å². The summed E-state index contributed by atoms with van der Waals surface area (Å²) in [6, 6.07) is 22.9. The van der Waals surface area contributed by atoms with Gasteiger partial charge in [-0.25, -0.2) is 0 Å². The van der Waals surface area contributed by atoms with Crippen molar-refractivity contribution in [1.82, 2.24) is 19.2 Å². The SMILES string of the molecule is CC(C)(C)c1cc(C(=O)N2CCC[C@H]2C(=O)Nc2ccccc2-n2cccc2)n(Cc2ccccc2)n1. The van der Waals surface area contributed by atoms with Crippen molar-refractivity contribution in [3.8, 4) is 5.69 Å². The standard InChI is InChI=1S/C30H33N5O2/c1-30(2,3)27-20-26(35(32-27)21-22-12-5-4-6-13-22)29(37)34-19-11-16-25(34)28(36)31-23-14-7-8-15-24(23)33-17-9-10-18-33/h4-10,12-15,17-18,20,25H,11,16,19,21H2,1-3H3,(H,31,36)/t25-/m0/s1. The van der Waals surface area contributed by atoms with Gasteiger partial charge in [0, 0.05) is 24.4 Å². The zero-order valence-electron chi connectivity index (χ0n) is 21.6. The fourth-order valence-corrected chi connectivity index (χ4v) is 4.78. The lowest BCUT2D eigenvalue weighted by Gasteiger charge is -2.25. The van der Waals surface area contributed by atoms with Gasteiger partial charge in [-0.1, -0.05) is 63.2 Å². The smallest absolute Gasteiger partial charge is 0.272 e. The molecule has 1 aliphatic heterocycles. The van der Waals surface area contributed by atoms with Crippen molar-refractivity contribution in [2.75, 3.05) is 11.9 Å². The van der Waals surface area contributed by atoms with E-state index in [4.69, 9.17) is 5.10 Å². The van der Waals surface area contributed by atoms with Gasteiger partial charge in [-0.3, -0.25) is 14.3 Å². The molecule has 2 aromatic carbocycles. The van der Waals surface area contributed by atoms with Crippen molar-refractivity contribution >= 4 is 17.5 Å². The average molecular weight is 496 g/mol. The molecule has 0 radical (unpaired) electrons. The molecule has 0 bridgehead atoms. The minimum Gasteiger partial charge on any atom is -0.325 e. The van der Waals surface area contributed by atoms with Crippen LogP contribution in [0.3, 0.4) is 0 Å². The predicted octanol–water partition coefficient (Wildman–Crippen LogP) is 5.26. The molecule has 4 aromatic rings. The molecular weight excluding hydrogens is 462 g/mol. The number of carbonyl (C=O) groups is 2. The van der Waals surface area contributed by atoms with Gasteiger partial charge in [-0.05, 0) is 48.7 Å². The van der Waals surface area contributed by atoms with Crippen molar-refractivity contribution < 1.29 is 9.59 Å². The fraction of sp³-hybridized carbons (Fsp3) is 0.300. The molecule has 2 aromatic heterocycles. The summed E-state index contributed by atoms with van der Waals surface area (Å²) in [5, 5.41) is 7.90. The number of amides is 2. The molecule has 190 valence electrons. The van der Waals surface area contributed by atoms with Crippen LogP contribution in [0, 0.1) is 0 Å². The normalized spacial score (nSPS) is 15.6. The van der Waals surface area contributed by atoms with Crippen LogP contribution in [0.2, 0.25) is 0 Å². The molecule has 37 heavy (non-hydrogen) atoms. The van der Waals surface area contributed by atoms with E-state index in [9.17, 15) is 9.59 Å². The Bertz CT molecular complexity index is 1380. The number of nitrogens with one attached hydrogen (secondary N) is 1. The third kappa shape index (κ3) is 5.21. The van der Waals surface area contributed by atoms with Crippen LogP contribution in [0.5, 0.6) is 0 Å². The van der Waals surface area contributed by atoms with Gasteiger partial charge in [0.1, 0.15) is 11.7 Å². The van der Waals surface area contributed by atoms with E-state index < -0.39 is 6.04 Å². The number of carbonyl (C=O) groups excluding carboxylic acids is 2. The third-order valence-electron chi connectivity index (χ3n) is 6.80. The summed E-state index contributed by atoms with van der Waals surface area (Å²) < 4.78 is 3.75. The molecule has 0 unspecified atom stereocenters. The monoisotopic (exact) mass is 495 g/mol. The number of rotatable bonds is 6. The van der Waals surface area contributed by atoms with E-state index >= 15 is 0 Å². The molecule has 7 nitrogen and oxygen atoms in total. The molecule has 5 rings (SSSR count). The number of aromatic nitrogens is 3. The summed E-state index contributed by atoms with van der Waals surface area (Å²) in [7, 11) is 0. The second-order valence-electron chi connectivity index (χ2n) is 10.6. The van der Waals surface area contributed by atoms with Gasteiger partial charge in [-0.15, -0.1) is 0 Å². The summed E-state index contributed by atoms with van der Waals surface area (Å²) in [5.41, 5.74) is 3.83. The number of para-hydroxylation sites is 2. The highest BCUT2D eigenvalue weighted by molar-refractivity contribution is 6.01. The van der Waals surface area contributed by atoms with Crippen LogP contribution in [0.1, 0.15) is 55.4 Å². The van der Waals surface area contributed by atoms with Crippen molar-refractivity contribution in [3.63, 3.8) is 0 Å². The van der Waals surface area contributed by atoms with E-state index in [1.807, 2.05) is 89.8 Å². The molecule has 1 atom stereocenters. The third-order valence-corrected chi connectivity index (χ3v) is 6.80. The second-order valence-corrected chi connectivity index (χ2v) is 10.6. The molecule has 0 saturated carbocycles. The molecule has 2 amide bonds. The fourth-order valence-electron chi connectivity index (χ4n) is 4.78. The highest BCUT2D eigenvalue weighted by atomic mass is 16.2. The Balaban J connectivity index is 1.41. The van der Waals surface area contributed by atoms with Gasteiger partial charge >= 0.3 is 0 Å². The first-order chi connectivity index (χ1) is 17.8. The molecule has 0 aliphatic carbocycles. The summed E-state index contributed by atoms with van der Waals surface area (Å²) in [6.07, 6.45) is 5.29. The first-order valence-electron chi connectivity index (χ1n) is 12.8. The van der Waals surface area contributed by atoms with Crippen molar-refractivity contribution in [2.45, 2.75) is 51.6 Å². The van der Waals surface area contributed by atoms with Gasteiger partial charge < -0.3 is 14.8 Å². The maximum atomic E-state index is 13.9. The molecule has 1 fully saturated rings. The van der Waals surface area contributed by atoms with Crippen LogP contribution in [0.4, 0.5) is 5.69 Å². The number of likely N-dealkylation sites (tertiary alicyclic amines) is 1. The van der Waals surface area contributed by atoms with Gasteiger partial charge in [0.2, 0.25) is 5.91 Å². The van der Waals surface area contributed by atoms with E-state index in [1.165, 1.54) is 0 Å². The number of nitrogens with zero attached hydrogens (tertiary/aromatic N) is 4. The van der Waals surface area contributed by atoms with Crippen LogP contribution < -0.4 is 5.32 Å². The van der Waals surface area contributed by atoms with E-state index in [0.717, 1.165) is 23.4 Å². The molecule has 3 heterocycles. The van der Waals surface area contributed by atoms with E-state index in [1.54, 1.807) is 9.58 Å². The van der Waals surface area contributed by atoms with E-state index in [-0.39, 0.29) is 17.2 Å². The Kier molecular flexibility index (Phi) is 6.70. The Labute approximate surface area is 217 Å². The van der Waals surface area contributed by atoms with Crippen molar-refractivity contribution in [2.24, 2.45) is 0 Å². The minimum atomic E-state index is -0.539. The van der Waals surface area contributed by atoms with Crippen molar-refractivity contribution in [3.05, 3.63) is 102 Å². The summed E-state index contributed by atoms with van der Waals surface area (Å²) in [4.78, 5) is 29.1. The molecule has 1 aliphatic rings. The lowest BCUT2D eigenvalue weighted by atomic mass is 9.92. The maximum absolute atomic E-state index is 13.9. The maximum Gasteiger partial charge on any atom is 0.272 e. The van der Waals surface area contributed by atoms with Crippen LogP contribution in [-0.2, 0) is 16.8 Å². The largest absolute Gasteiger partial charge is 0.325 e. The molecular formula is C30H33N5O2. The number of anilines is 1. The van der Waals surface area contributed by atoms with Gasteiger partial charge in [0.15, 0.2) is 0 Å². The Morgan fingerprint density at radius 3 is 2.41 bits per heavy atom. The average Bonchev–Trinajstić information content (AvgIpc) is 3.65. The lowest BCUT2D eigenvalue weighted by Crippen LogP contribution is -2.44. The first kappa shape index (κ1) is 24.6. The van der Waals surface area contributed by atoms with E-state index in [2.05, 4.69) is 26.1 Å². The number of hydrogen-bond donors (Lipinski definition) is 1. The molecule has 1 saturated heterocycles. The molecule has 0 spiro atoms. The van der Waals surface area contributed by atoms with Gasteiger partial charge in [-0.2, -0.15) is 5.10 Å². The molecule has 1 N–H and O–H groups in total. The Morgan fingerprint density at radius 1 is 0.973 bits per heavy atom. The second kappa shape index (κ2) is 10.1. The van der Waals surface area contributed by atoms with Crippen LogP contribution in [-0.4, -0.2) is 43.6 Å². The van der Waals surface area contributed by atoms with Crippen LogP contribution in [0.25, 0.3) is 5.69 Å². The van der Waals surface area contributed by atoms with Gasteiger partial charge in [0.25, 0.3) is 5.91 Å². The lowest BCUT2D eigenvalue weighted by molar-refractivity contribution is -0.119. The highest BCUT2D eigenvalue weighted by Gasteiger charge is 2.37. The Hall–Kier alpha value is -4.13. The topological polar surface area (TPSA) is 72.2 Å². The first-order valence-corrected chi connectivity index (χ1v) is 12.8. The quantitative estimate of drug-likeness (QED) is 0.396. The Morgan fingerprint density at radius 2 is 1.68 bits per heavy atom.